The van der Waals surface area contributed by atoms with E-state index in [1.165, 1.54) is 29.5 Å². The normalized spacial score (nSPS) is 23.3. The standard InChI is InChI=1S/C15H23NO/c1-5-17-13-9-7-10(2)14-12(16-4)8-6-11(3)15(13)14/h7,9,11-12,16H,5-6,8H2,1-4H3. The van der Waals surface area contributed by atoms with Crippen LogP contribution in [0.15, 0.2) is 12.1 Å². The first-order valence-electron chi connectivity index (χ1n) is 6.62. The van der Waals surface area contributed by atoms with Gasteiger partial charge >= 0.3 is 0 Å². The molecule has 0 saturated heterocycles. The summed E-state index contributed by atoms with van der Waals surface area (Å²) in [5.41, 5.74) is 4.28. The molecule has 2 rings (SSSR count). The molecule has 1 aromatic carbocycles. The molecule has 1 N–H and O–H groups in total. The molecule has 0 aromatic heterocycles. The Balaban J connectivity index is 2.54. The van der Waals surface area contributed by atoms with Gasteiger partial charge in [-0.1, -0.05) is 13.0 Å². The maximum Gasteiger partial charge on any atom is 0.123 e. The van der Waals surface area contributed by atoms with Crippen molar-refractivity contribution in [1.29, 1.82) is 0 Å². The van der Waals surface area contributed by atoms with Gasteiger partial charge in [0.1, 0.15) is 5.75 Å². The zero-order chi connectivity index (χ0) is 12.4. The molecule has 0 spiro atoms. The molecule has 17 heavy (non-hydrogen) atoms. The molecule has 0 fully saturated rings. The molecule has 0 radical (unpaired) electrons. The molecule has 2 atom stereocenters. The number of fused-ring (bicyclic) bond motifs is 1. The van der Waals surface area contributed by atoms with Crippen LogP contribution in [0.25, 0.3) is 0 Å². The summed E-state index contributed by atoms with van der Waals surface area (Å²) in [6.45, 7) is 7.31. The molecule has 1 aromatic rings. The van der Waals surface area contributed by atoms with Gasteiger partial charge in [-0.25, -0.2) is 0 Å². The summed E-state index contributed by atoms with van der Waals surface area (Å²) in [7, 11) is 2.05. The van der Waals surface area contributed by atoms with Crippen LogP contribution in [-0.4, -0.2) is 13.7 Å². The van der Waals surface area contributed by atoms with Crippen LogP contribution in [0.4, 0.5) is 0 Å². The van der Waals surface area contributed by atoms with E-state index in [0.29, 0.717) is 12.0 Å². The van der Waals surface area contributed by atoms with Crippen molar-refractivity contribution in [3.63, 3.8) is 0 Å². The van der Waals surface area contributed by atoms with Gasteiger partial charge in [0, 0.05) is 11.6 Å². The van der Waals surface area contributed by atoms with Crippen molar-refractivity contribution >= 4 is 0 Å². The van der Waals surface area contributed by atoms with Crippen LogP contribution in [0.2, 0.25) is 0 Å². The van der Waals surface area contributed by atoms with Gasteiger partial charge in [-0.2, -0.15) is 0 Å². The van der Waals surface area contributed by atoms with E-state index < -0.39 is 0 Å². The third-order valence-corrected chi connectivity index (χ3v) is 3.84. The molecule has 0 amide bonds. The minimum atomic E-state index is 0.488. The van der Waals surface area contributed by atoms with Crippen LogP contribution in [0, 0.1) is 6.92 Å². The highest BCUT2D eigenvalue weighted by Gasteiger charge is 2.28. The average molecular weight is 233 g/mol. The smallest absolute Gasteiger partial charge is 0.123 e. The average Bonchev–Trinajstić information content (AvgIpc) is 2.33. The topological polar surface area (TPSA) is 21.3 Å². The van der Waals surface area contributed by atoms with E-state index in [4.69, 9.17) is 4.74 Å². The van der Waals surface area contributed by atoms with Crippen molar-refractivity contribution in [3.8, 4) is 5.75 Å². The summed E-state index contributed by atoms with van der Waals surface area (Å²) in [6, 6.07) is 4.81. The number of nitrogens with one attached hydrogen (secondary N) is 1. The fourth-order valence-electron chi connectivity index (χ4n) is 2.97. The molecule has 1 aliphatic carbocycles. The summed E-state index contributed by atoms with van der Waals surface area (Å²) >= 11 is 0. The van der Waals surface area contributed by atoms with Crippen LogP contribution < -0.4 is 10.1 Å². The van der Waals surface area contributed by atoms with E-state index in [1.807, 2.05) is 0 Å². The lowest BCUT2D eigenvalue weighted by Gasteiger charge is -2.32. The van der Waals surface area contributed by atoms with Crippen LogP contribution in [-0.2, 0) is 0 Å². The Kier molecular flexibility index (Phi) is 3.72. The first-order valence-corrected chi connectivity index (χ1v) is 6.62. The van der Waals surface area contributed by atoms with Crippen molar-refractivity contribution in [3.05, 3.63) is 28.8 Å². The molecular weight excluding hydrogens is 210 g/mol. The number of ether oxygens (including phenoxy) is 1. The molecule has 2 nitrogen and oxygen atoms in total. The summed E-state index contributed by atoms with van der Waals surface area (Å²) in [5, 5.41) is 3.44. The van der Waals surface area contributed by atoms with E-state index in [-0.39, 0.29) is 0 Å². The van der Waals surface area contributed by atoms with Gasteiger partial charge in [0.15, 0.2) is 0 Å². The zero-order valence-corrected chi connectivity index (χ0v) is 11.3. The second kappa shape index (κ2) is 5.09. The molecule has 2 heteroatoms. The minimum Gasteiger partial charge on any atom is -0.494 e. The van der Waals surface area contributed by atoms with Crippen LogP contribution >= 0.6 is 0 Å². The number of aryl methyl sites for hydroxylation is 1. The first-order chi connectivity index (χ1) is 8.19. The van der Waals surface area contributed by atoms with E-state index in [2.05, 4.69) is 45.3 Å². The fourth-order valence-corrected chi connectivity index (χ4v) is 2.97. The lowest BCUT2D eigenvalue weighted by atomic mass is 9.78. The third kappa shape index (κ3) is 2.19. The summed E-state index contributed by atoms with van der Waals surface area (Å²) < 4.78 is 5.79. The van der Waals surface area contributed by atoms with Crippen molar-refractivity contribution in [2.75, 3.05) is 13.7 Å². The predicted molar refractivity (Wildman–Crippen MR) is 71.8 cm³/mol. The zero-order valence-electron chi connectivity index (χ0n) is 11.3. The van der Waals surface area contributed by atoms with Gasteiger partial charge in [0.05, 0.1) is 6.61 Å². The van der Waals surface area contributed by atoms with Crippen molar-refractivity contribution in [2.45, 2.75) is 45.6 Å². The van der Waals surface area contributed by atoms with E-state index >= 15 is 0 Å². The van der Waals surface area contributed by atoms with E-state index in [0.717, 1.165) is 12.4 Å². The Morgan fingerprint density at radius 2 is 2.06 bits per heavy atom. The first kappa shape index (κ1) is 12.4. The molecule has 94 valence electrons. The van der Waals surface area contributed by atoms with Crippen molar-refractivity contribution in [1.82, 2.24) is 5.32 Å². The van der Waals surface area contributed by atoms with Gasteiger partial charge in [0.2, 0.25) is 0 Å². The number of hydrogen-bond donors (Lipinski definition) is 1. The maximum absolute atomic E-state index is 5.79. The summed E-state index contributed by atoms with van der Waals surface area (Å²) in [4.78, 5) is 0. The van der Waals surface area contributed by atoms with E-state index in [1.54, 1.807) is 0 Å². The van der Waals surface area contributed by atoms with Gasteiger partial charge in [-0.15, -0.1) is 0 Å². The van der Waals surface area contributed by atoms with Crippen molar-refractivity contribution in [2.24, 2.45) is 0 Å². The maximum atomic E-state index is 5.79. The number of hydrogen-bond acceptors (Lipinski definition) is 2. The van der Waals surface area contributed by atoms with Crippen LogP contribution in [0.5, 0.6) is 5.75 Å². The Morgan fingerprint density at radius 3 is 2.71 bits per heavy atom. The molecule has 2 unspecified atom stereocenters. The van der Waals surface area contributed by atoms with E-state index in [9.17, 15) is 0 Å². The number of rotatable bonds is 3. The SMILES string of the molecule is CCOc1ccc(C)c2c1C(C)CCC2NC. The fraction of sp³-hybridized carbons (Fsp3) is 0.600. The molecular formula is C15H23NO. The van der Waals surface area contributed by atoms with Crippen LogP contribution in [0.3, 0.4) is 0 Å². The van der Waals surface area contributed by atoms with Gasteiger partial charge < -0.3 is 10.1 Å². The quantitative estimate of drug-likeness (QED) is 0.862. The monoisotopic (exact) mass is 233 g/mol. The predicted octanol–water partition coefficient (Wildman–Crippen LogP) is 3.55. The summed E-state index contributed by atoms with van der Waals surface area (Å²) in [5.74, 6) is 1.69. The van der Waals surface area contributed by atoms with Crippen LogP contribution in [0.1, 0.15) is 55.3 Å². The third-order valence-electron chi connectivity index (χ3n) is 3.84. The molecule has 0 aliphatic heterocycles. The molecule has 1 aliphatic rings. The largest absolute Gasteiger partial charge is 0.494 e. The van der Waals surface area contributed by atoms with Gasteiger partial charge in [0.25, 0.3) is 0 Å². The summed E-state index contributed by atoms with van der Waals surface area (Å²) in [6.07, 6.45) is 2.46. The number of benzene rings is 1. The van der Waals surface area contributed by atoms with Gasteiger partial charge in [-0.3, -0.25) is 0 Å². The Labute approximate surface area is 104 Å². The molecule has 0 bridgehead atoms. The van der Waals surface area contributed by atoms with Crippen molar-refractivity contribution < 1.29 is 4.74 Å². The molecule has 0 heterocycles. The lowest BCUT2D eigenvalue weighted by Crippen LogP contribution is -2.24. The second-order valence-corrected chi connectivity index (χ2v) is 4.96. The lowest BCUT2D eigenvalue weighted by molar-refractivity contribution is 0.327. The highest BCUT2D eigenvalue weighted by molar-refractivity contribution is 5.49. The second-order valence-electron chi connectivity index (χ2n) is 4.96. The Hall–Kier alpha value is -1.02. The van der Waals surface area contributed by atoms with Gasteiger partial charge in [-0.05, 0) is 56.8 Å². The highest BCUT2D eigenvalue weighted by atomic mass is 16.5. The Bertz CT molecular complexity index is 400. The molecule has 0 saturated carbocycles. The Morgan fingerprint density at radius 1 is 1.29 bits per heavy atom. The minimum absolute atomic E-state index is 0.488. The highest BCUT2D eigenvalue weighted by Crippen LogP contribution is 2.43.